The van der Waals surface area contributed by atoms with Crippen LogP contribution in [-0.4, -0.2) is 34.6 Å². The molecule has 0 heterocycles. The van der Waals surface area contributed by atoms with Crippen LogP contribution in [0.5, 0.6) is 0 Å². The van der Waals surface area contributed by atoms with E-state index < -0.39 is 11.5 Å². The normalized spacial score (nSPS) is 15.7. The third-order valence-corrected chi connectivity index (χ3v) is 3.24. The quantitative estimate of drug-likeness (QED) is 0.761. The highest BCUT2D eigenvalue weighted by atomic mass is 16.4. The molecule has 3 heteroatoms. The van der Waals surface area contributed by atoms with Gasteiger partial charge in [0.2, 0.25) is 0 Å². The number of carboxylic acid groups (broad SMARTS) is 1. The van der Waals surface area contributed by atoms with Gasteiger partial charge in [-0.25, -0.2) is 0 Å². The molecule has 0 aliphatic carbocycles. The molecule has 14 heavy (non-hydrogen) atoms. The van der Waals surface area contributed by atoms with Crippen molar-refractivity contribution < 1.29 is 9.90 Å². The van der Waals surface area contributed by atoms with Crippen molar-refractivity contribution >= 4 is 5.97 Å². The largest absolute Gasteiger partial charge is 0.480 e. The number of hydrogen-bond donors (Lipinski definition) is 1. The summed E-state index contributed by atoms with van der Waals surface area (Å²) in [7, 11) is 1.87. The summed E-state index contributed by atoms with van der Waals surface area (Å²) in [6.07, 6.45) is 0. The number of aliphatic carboxylic acids is 1. The lowest BCUT2D eigenvalue weighted by Gasteiger charge is -2.42. The Morgan fingerprint density at radius 2 is 1.57 bits per heavy atom. The first-order chi connectivity index (χ1) is 6.01. The Morgan fingerprint density at radius 1 is 1.21 bits per heavy atom. The topological polar surface area (TPSA) is 40.5 Å². The summed E-state index contributed by atoms with van der Waals surface area (Å²) in [4.78, 5) is 13.0. The van der Waals surface area contributed by atoms with E-state index in [2.05, 4.69) is 27.7 Å². The van der Waals surface area contributed by atoms with Gasteiger partial charge in [-0.05, 0) is 33.2 Å². The van der Waals surface area contributed by atoms with Crippen LogP contribution in [0.2, 0.25) is 0 Å². The Balaban J connectivity index is 4.79. The second-order valence-corrected chi connectivity index (χ2v) is 5.52. The van der Waals surface area contributed by atoms with Crippen molar-refractivity contribution in [1.82, 2.24) is 4.90 Å². The Labute approximate surface area is 87.1 Å². The molecule has 0 aromatic heterocycles. The SMILES string of the molecule is CC(N(C)C(C)(C)C(=O)O)C(C)(C)C. The van der Waals surface area contributed by atoms with Crippen molar-refractivity contribution in [2.75, 3.05) is 7.05 Å². The summed E-state index contributed by atoms with van der Waals surface area (Å²) in [6, 6.07) is 0.216. The van der Waals surface area contributed by atoms with Gasteiger partial charge < -0.3 is 5.11 Å². The summed E-state index contributed by atoms with van der Waals surface area (Å²) in [5.74, 6) is -0.781. The fourth-order valence-corrected chi connectivity index (χ4v) is 1.22. The summed E-state index contributed by atoms with van der Waals surface area (Å²) in [5, 5.41) is 9.08. The fraction of sp³-hybridized carbons (Fsp3) is 0.909. The summed E-state index contributed by atoms with van der Waals surface area (Å²) in [6.45, 7) is 11.9. The molecular weight excluding hydrogens is 178 g/mol. The highest BCUT2D eigenvalue weighted by molar-refractivity contribution is 5.77. The van der Waals surface area contributed by atoms with Crippen molar-refractivity contribution in [3.8, 4) is 0 Å². The van der Waals surface area contributed by atoms with E-state index in [4.69, 9.17) is 5.11 Å². The van der Waals surface area contributed by atoms with E-state index in [-0.39, 0.29) is 11.5 Å². The molecule has 0 saturated heterocycles. The van der Waals surface area contributed by atoms with Crippen LogP contribution in [0.25, 0.3) is 0 Å². The molecule has 1 N–H and O–H groups in total. The molecule has 0 rings (SSSR count). The average molecular weight is 201 g/mol. The van der Waals surface area contributed by atoms with Gasteiger partial charge in [-0.2, -0.15) is 0 Å². The first-order valence-electron chi connectivity index (χ1n) is 4.97. The zero-order chi connectivity index (χ0) is 11.7. The standard InChI is InChI=1S/C11H23NO2/c1-8(10(2,3)4)12(7)11(5,6)9(13)14/h8H,1-7H3,(H,13,14). The van der Waals surface area contributed by atoms with Crippen LogP contribution in [0.3, 0.4) is 0 Å². The minimum atomic E-state index is -0.813. The molecule has 0 radical (unpaired) electrons. The first kappa shape index (κ1) is 13.4. The average Bonchev–Trinajstić information content (AvgIpc) is 1.99. The zero-order valence-corrected chi connectivity index (χ0v) is 10.4. The third kappa shape index (κ3) is 2.71. The molecule has 0 amide bonds. The molecule has 0 spiro atoms. The van der Waals surface area contributed by atoms with Gasteiger partial charge in [-0.3, -0.25) is 9.69 Å². The molecule has 0 bridgehead atoms. The highest BCUT2D eigenvalue weighted by Gasteiger charge is 2.38. The van der Waals surface area contributed by atoms with E-state index in [9.17, 15) is 4.79 Å². The van der Waals surface area contributed by atoms with Gasteiger partial charge in [0.1, 0.15) is 5.54 Å². The van der Waals surface area contributed by atoms with Crippen molar-refractivity contribution in [1.29, 1.82) is 0 Å². The lowest BCUT2D eigenvalue weighted by molar-refractivity contribution is -0.151. The molecule has 1 atom stereocenters. The lowest BCUT2D eigenvalue weighted by atomic mass is 9.84. The molecule has 84 valence electrons. The maximum absolute atomic E-state index is 11.1. The predicted octanol–water partition coefficient (Wildman–Crippen LogP) is 2.22. The van der Waals surface area contributed by atoms with Crippen molar-refractivity contribution in [3.63, 3.8) is 0 Å². The van der Waals surface area contributed by atoms with Crippen LogP contribution in [0, 0.1) is 5.41 Å². The minimum absolute atomic E-state index is 0.0848. The molecule has 3 nitrogen and oxygen atoms in total. The molecule has 0 fully saturated rings. The minimum Gasteiger partial charge on any atom is -0.480 e. The first-order valence-corrected chi connectivity index (χ1v) is 4.97. The molecule has 0 aromatic rings. The maximum atomic E-state index is 11.1. The molecular formula is C11H23NO2. The molecule has 0 saturated carbocycles. The van der Waals surface area contributed by atoms with E-state index in [1.165, 1.54) is 0 Å². The van der Waals surface area contributed by atoms with Gasteiger partial charge in [0.15, 0.2) is 0 Å². The van der Waals surface area contributed by atoms with Gasteiger partial charge >= 0.3 is 5.97 Å². The second kappa shape index (κ2) is 3.89. The number of carboxylic acids is 1. The molecule has 1 unspecified atom stereocenters. The van der Waals surface area contributed by atoms with E-state index in [1.54, 1.807) is 13.8 Å². The fourth-order valence-electron chi connectivity index (χ4n) is 1.22. The van der Waals surface area contributed by atoms with Crippen molar-refractivity contribution in [2.24, 2.45) is 5.41 Å². The third-order valence-electron chi connectivity index (χ3n) is 3.24. The number of likely N-dealkylation sites (N-methyl/N-ethyl adjacent to an activating group) is 1. The number of carbonyl (C=O) groups is 1. The number of hydrogen-bond acceptors (Lipinski definition) is 2. The Morgan fingerprint density at radius 3 is 1.79 bits per heavy atom. The number of nitrogens with zero attached hydrogens (tertiary/aromatic N) is 1. The van der Waals surface area contributed by atoms with Crippen LogP contribution in [0.4, 0.5) is 0 Å². The van der Waals surface area contributed by atoms with Gasteiger partial charge in [-0.1, -0.05) is 20.8 Å². The van der Waals surface area contributed by atoms with E-state index in [1.807, 2.05) is 11.9 Å². The van der Waals surface area contributed by atoms with Crippen LogP contribution in [-0.2, 0) is 4.79 Å². The monoisotopic (exact) mass is 201 g/mol. The Hall–Kier alpha value is -0.570. The van der Waals surface area contributed by atoms with Crippen molar-refractivity contribution in [3.05, 3.63) is 0 Å². The Bertz CT molecular complexity index is 216. The van der Waals surface area contributed by atoms with E-state index in [0.29, 0.717) is 0 Å². The lowest BCUT2D eigenvalue weighted by Crippen LogP contribution is -2.55. The van der Waals surface area contributed by atoms with Crippen molar-refractivity contribution in [2.45, 2.75) is 53.1 Å². The van der Waals surface area contributed by atoms with Gasteiger partial charge in [0.05, 0.1) is 0 Å². The second-order valence-electron chi connectivity index (χ2n) is 5.52. The Kier molecular flexibility index (Phi) is 3.73. The van der Waals surface area contributed by atoms with Gasteiger partial charge in [-0.15, -0.1) is 0 Å². The number of rotatable bonds is 3. The molecule has 0 aromatic carbocycles. The molecule has 0 aliphatic heterocycles. The summed E-state index contributed by atoms with van der Waals surface area (Å²) in [5.41, 5.74) is -0.728. The van der Waals surface area contributed by atoms with E-state index in [0.717, 1.165) is 0 Å². The zero-order valence-electron chi connectivity index (χ0n) is 10.4. The van der Waals surface area contributed by atoms with Gasteiger partial charge in [0.25, 0.3) is 0 Å². The van der Waals surface area contributed by atoms with Crippen LogP contribution in [0.15, 0.2) is 0 Å². The van der Waals surface area contributed by atoms with Crippen LogP contribution in [0.1, 0.15) is 41.5 Å². The van der Waals surface area contributed by atoms with Crippen LogP contribution < -0.4 is 0 Å². The summed E-state index contributed by atoms with van der Waals surface area (Å²) < 4.78 is 0. The van der Waals surface area contributed by atoms with Crippen LogP contribution >= 0.6 is 0 Å². The van der Waals surface area contributed by atoms with Gasteiger partial charge in [0, 0.05) is 6.04 Å². The van der Waals surface area contributed by atoms with E-state index >= 15 is 0 Å². The maximum Gasteiger partial charge on any atom is 0.323 e. The highest BCUT2D eigenvalue weighted by Crippen LogP contribution is 2.28. The predicted molar refractivity (Wildman–Crippen MR) is 58.4 cm³/mol. The molecule has 0 aliphatic rings. The summed E-state index contributed by atoms with van der Waals surface area (Å²) >= 11 is 0. The smallest absolute Gasteiger partial charge is 0.323 e.